The van der Waals surface area contributed by atoms with Gasteiger partial charge in [-0.05, 0) is 24.3 Å². The molecule has 0 spiro atoms. The Morgan fingerprint density at radius 1 is 1.24 bits per heavy atom. The first-order valence-corrected chi connectivity index (χ1v) is 7.81. The molecule has 1 atom stereocenters. The third kappa shape index (κ3) is 3.06. The number of urea groups is 1. The van der Waals surface area contributed by atoms with Gasteiger partial charge in [-0.15, -0.1) is 0 Å². The number of sulfonamides is 1. The molecule has 1 N–H and O–H groups in total. The number of anilines is 1. The van der Waals surface area contributed by atoms with Crippen LogP contribution in [0.4, 0.5) is 10.5 Å². The summed E-state index contributed by atoms with van der Waals surface area (Å²) in [4.78, 5) is 24.3. The third-order valence-corrected chi connectivity index (χ3v) is 4.72. The van der Waals surface area contributed by atoms with E-state index in [0.717, 1.165) is 15.7 Å². The second-order valence-corrected chi connectivity index (χ2v) is 6.75. The van der Waals surface area contributed by atoms with E-state index in [1.807, 2.05) is 0 Å². The fourth-order valence-corrected chi connectivity index (χ4v) is 3.29. The summed E-state index contributed by atoms with van der Waals surface area (Å²) < 4.78 is 27.9. The van der Waals surface area contributed by atoms with E-state index in [1.54, 1.807) is 0 Å². The van der Waals surface area contributed by atoms with Gasteiger partial charge in [-0.3, -0.25) is 4.72 Å². The van der Waals surface area contributed by atoms with Crippen LogP contribution in [0.3, 0.4) is 0 Å². The fourth-order valence-electron chi connectivity index (χ4n) is 1.81. The third-order valence-electron chi connectivity index (χ3n) is 2.96. The molecule has 2 rings (SSSR count). The SMILES string of the molecule is CN1C(=O)C(S(=O)(=O)Nc2ccc(Cl)cc2)C=[N+](C)C1=O. The van der Waals surface area contributed by atoms with E-state index in [0.29, 0.717) is 5.02 Å². The monoisotopic (exact) mass is 330 g/mol. The molecule has 1 aromatic rings. The first-order chi connectivity index (χ1) is 9.72. The summed E-state index contributed by atoms with van der Waals surface area (Å²) in [6, 6.07) is 5.41. The molecule has 0 bridgehead atoms. The Morgan fingerprint density at radius 3 is 2.38 bits per heavy atom. The Balaban J connectivity index is 2.33. The van der Waals surface area contributed by atoms with Gasteiger partial charge in [0, 0.05) is 10.7 Å². The van der Waals surface area contributed by atoms with E-state index >= 15 is 0 Å². The fraction of sp³-hybridized carbons (Fsp3) is 0.250. The van der Waals surface area contributed by atoms with Gasteiger partial charge in [0.25, 0.3) is 10.0 Å². The van der Waals surface area contributed by atoms with Crippen LogP contribution in [0, 0.1) is 0 Å². The summed E-state index contributed by atoms with van der Waals surface area (Å²) in [5, 5.41) is -1.01. The summed E-state index contributed by atoms with van der Waals surface area (Å²) in [6.07, 6.45) is 1.07. The summed E-state index contributed by atoms with van der Waals surface area (Å²) in [6.45, 7) is 0. The van der Waals surface area contributed by atoms with Crippen LogP contribution in [0.15, 0.2) is 24.3 Å². The molecule has 1 unspecified atom stereocenters. The Bertz CT molecular complexity index is 727. The van der Waals surface area contributed by atoms with Crippen molar-refractivity contribution in [2.45, 2.75) is 5.25 Å². The maximum absolute atomic E-state index is 12.3. The topological polar surface area (TPSA) is 86.6 Å². The van der Waals surface area contributed by atoms with Crippen LogP contribution >= 0.6 is 11.6 Å². The first kappa shape index (κ1) is 15.5. The van der Waals surface area contributed by atoms with Crippen LogP contribution < -0.4 is 4.72 Å². The average molecular weight is 331 g/mol. The maximum atomic E-state index is 12.3. The zero-order valence-electron chi connectivity index (χ0n) is 11.3. The molecule has 0 radical (unpaired) electrons. The molecule has 21 heavy (non-hydrogen) atoms. The lowest BCUT2D eigenvalue weighted by Gasteiger charge is -2.20. The van der Waals surface area contributed by atoms with Crippen LogP contribution in [0.1, 0.15) is 0 Å². The minimum Gasteiger partial charge on any atom is -0.282 e. The zero-order valence-corrected chi connectivity index (χ0v) is 12.9. The van der Waals surface area contributed by atoms with Gasteiger partial charge in [0.15, 0.2) is 0 Å². The van der Waals surface area contributed by atoms with E-state index in [-0.39, 0.29) is 5.69 Å². The number of amides is 3. The average Bonchev–Trinajstić information content (AvgIpc) is 2.42. The van der Waals surface area contributed by atoms with Gasteiger partial charge >= 0.3 is 11.9 Å². The van der Waals surface area contributed by atoms with Gasteiger partial charge in [0.1, 0.15) is 6.21 Å². The smallest absolute Gasteiger partial charge is 0.282 e. The minimum absolute atomic E-state index is 0.280. The number of hydrogen-bond donors (Lipinski definition) is 1. The van der Waals surface area contributed by atoms with Crippen molar-refractivity contribution in [3.05, 3.63) is 29.3 Å². The zero-order chi connectivity index (χ0) is 15.8. The lowest BCUT2D eigenvalue weighted by Crippen LogP contribution is -2.54. The van der Waals surface area contributed by atoms with Crippen LogP contribution in [-0.4, -0.2) is 55.4 Å². The molecule has 112 valence electrons. The minimum atomic E-state index is -4.02. The first-order valence-electron chi connectivity index (χ1n) is 5.89. The maximum Gasteiger partial charge on any atom is 0.500 e. The highest BCUT2D eigenvalue weighted by atomic mass is 35.5. The lowest BCUT2D eigenvalue weighted by atomic mass is 10.3. The van der Waals surface area contributed by atoms with Crippen molar-refractivity contribution in [1.82, 2.24) is 4.90 Å². The molecule has 7 nitrogen and oxygen atoms in total. The molecule has 1 aromatic carbocycles. The standard InChI is InChI=1S/C12H13ClN3O4S/c1-15-7-10(11(17)16(2)12(15)18)21(19,20)14-9-5-3-8(13)4-6-9/h3-7,10,14H,1-2H3/q+1. The van der Waals surface area contributed by atoms with Gasteiger partial charge in [0.2, 0.25) is 5.25 Å². The lowest BCUT2D eigenvalue weighted by molar-refractivity contribution is -0.399. The van der Waals surface area contributed by atoms with Crippen molar-refractivity contribution < 1.29 is 22.6 Å². The molecule has 0 aromatic heterocycles. The van der Waals surface area contributed by atoms with Crippen molar-refractivity contribution in [3.8, 4) is 0 Å². The van der Waals surface area contributed by atoms with Crippen LogP contribution in [-0.2, 0) is 14.8 Å². The number of carbonyl (C=O) groups is 2. The second-order valence-electron chi connectivity index (χ2n) is 4.51. The van der Waals surface area contributed by atoms with Crippen LogP contribution in [0.5, 0.6) is 0 Å². The van der Waals surface area contributed by atoms with Gasteiger partial charge in [0.05, 0.1) is 14.1 Å². The quantitative estimate of drug-likeness (QED) is 0.829. The number of nitrogens with one attached hydrogen (secondary N) is 1. The van der Waals surface area contributed by atoms with E-state index in [4.69, 9.17) is 11.6 Å². The molecule has 9 heteroatoms. The number of hydrogen-bond acceptors (Lipinski definition) is 4. The molecule has 0 saturated heterocycles. The van der Waals surface area contributed by atoms with Crippen molar-refractivity contribution in [2.24, 2.45) is 0 Å². The summed E-state index contributed by atoms with van der Waals surface area (Å²) in [7, 11) is -1.40. The van der Waals surface area contributed by atoms with Crippen molar-refractivity contribution in [2.75, 3.05) is 18.8 Å². The van der Waals surface area contributed by atoms with E-state index < -0.39 is 27.2 Å². The van der Waals surface area contributed by atoms with Gasteiger partial charge in [-0.25, -0.2) is 17.8 Å². The van der Waals surface area contributed by atoms with Gasteiger partial charge < -0.3 is 0 Å². The highest BCUT2D eigenvalue weighted by molar-refractivity contribution is 7.94. The summed E-state index contributed by atoms with van der Waals surface area (Å²) >= 11 is 5.72. The number of nitrogens with zero attached hydrogens (tertiary/aromatic N) is 2. The van der Waals surface area contributed by atoms with Crippen molar-refractivity contribution >= 4 is 45.5 Å². The normalized spacial score (nSPS) is 19.5. The number of imide groups is 1. The summed E-state index contributed by atoms with van der Waals surface area (Å²) in [5.74, 6) is -0.806. The number of rotatable bonds is 3. The predicted octanol–water partition coefficient (Wildman–Crippen LogP) is 0.755. The highest BCUT2D eigenvalue weighted by Gasteiger charge is 2.46. The Hall–Kier alpha value is -1.93. The molecule has 1 aliphatic heterocycles. The Labute approximate surface area is 126 Å². The molecule has 1 heterocycles. The molecular weight excluding hydrogens is 318 g/mol. The van der Waals surface area contributed by atoms with E-state index in [2.05, 4.69) is 4.72 Å². The number of halogens is 1. The molecule has 0 aliphatic carbocycles. The molecular formula is C12H13ClN3O4S+. The van der Waals surface area contributed by atoms with Crippen LogP contribution in [0.25, 0.3) is 0 Å². The van der Waals surface area contributed by atoms with Gasteiger partial charge in [-0.2, -0.15) is 9.69 Å². The van der Waals surface area contributed by atoms with E-state index in [1.165, 1.54) is 38.4 Å². The largest absolute Gasteiger partial charge is 0.500 e. The van der Waals surface area contributed by atoms with Crippen molar-refractivity contribution in [1.29, 1.82) is 0 Å². The summed E-state index contributed by atoms with van der Waals surface area (Å²) in [5.41, 5.74) is 0.280. The van der Waals surface area contributed by atoms with E-state index in [9.17, 15) is 18.0 Å². The highest BCUT2D eigenvalue weighted by Crippen LogP contribution is 2.17. The second kappa shape index (κ2) is 5.45. The van der Waals surface area contributed by atoms with Crippen LogP contribution in [0.2, 0.25) is 5.02 Å². The van der Waals surface area contributed by atoms with Gasteiger partial charge in [-0.1, -0.05) is 11.6 Å². The predicted molar refractivity (Wildman–Crippen MR) is 78.2 cm³/mol. The van der Waals surface area contributed by atoms with Crippen molar-refractivity contribution in [3.63, 3.8) is 0 Å². The molecule has 0 saturated carbocycles. The molecule has 0 fully saturated rings. The Morgan fingerprint density at radius 2 is 1.81 bits per heavy atom. The molecule has 1 aliphatic rings. The Kier molecular flexibility index (Phi) is 4.02. The number of carbonyl (C=O) groups excluding carboxylic acids is 2. The molecule has 3 amide bonds. The number of benzene rings is 1.